The van der Waals surface area contributed by atoms with Crippen LogP contribution in [0.5, 0.6) is 0 Å². The molecular formula is C20H23F2N3O3S. The zero-order valence-electron chi connectivity index (χ0n) is 16.2. The molecule has 1 fully saturated rings. The first-order chi connectivity index (χ1) is 13.7. The number of hydrogen-bond donors (Lipinski definition) is 1. The average molecular weight is 423 g/mol. The SMILES string of the molecule is CN(C)c1ccccc1NC(=O)C1CCN(S(=O)(=O)c2ccc(F)c(F)c2)CC1. The van der Waals surface area contributed by atoms with Crippen molar-refractivity contribution in [3.8, 4) is 0 Å². The van der Waals surface area contributed by atoms with Crippen LogP contribution in [-0.2, 0) is 14.8 Å². The molecule has 0 saturated carbocycles. The molecule has 29 heavy (non-hydrogen) atoms. The van der Waals surface area contributed by atoms with E-state index in [-0.39, 0.29) is 29.8 Å². The van der Waals surface area contributed by atoms with E-state index in [1.54, 1.807) is 0 Å². The van der Waals surface area contributed by atoms with Crippen LogP contribution in [0.1, 0.15) is 12.8 Å². The number of carbonyl (C=O) groups is 1. The number of benzene rings is 2. The van der Waals surface area contributed by atoms with Gasteiger partial charge in [0.2, 0.25) is 15.9 Å². The normalized spacial score (nSPS) is 15.9. The lowest BCUT2D eigenvalue weighted by atomic mass is 9.97. The Bertz CT molecular complexity index is 1000. The third-order valence-corrected chi connectivity index (χ3v) is 6.89. The van der Waals surface area contributed by atoms with Crippen LogP contribution in [0.2, 0.25) is 0 Å². The summed E-state index contributed by atoms with van der Waals surface area (Å²) in [7, 11) is -0.176. The molecule has 0 bridgehead atoms. The van der Waals surface area contributed by atoms with E-state index in [0.29, 0.717) is 24.6 Å². The monoisotopic (exact) mass is 423 g/mol. The fourth-order valence-electron chi connectivity index (χ4n) is 3.35. The Morgan fingerprint density at radius 2 is 1.72 bits per heavy atom. The van der Waals surface area contributed by atoms with Crippen LogP contribution in [0.4, 0.5) is 20.2 Å². The second-order valence-corrected chi connectivity index (χ2v) is 9.09. The van der Waals surface area contributed by atoms with Crippen molar-refractivity contribution in [2.75, 3.05) is 37.4 Å². The van der Waals surface area contributed by atoms with E-state index in [9.17, 15) is 22.0 Å². The van der Waals surface area contributed by atoms with Gasteiger partial charge in [0.05, 0.1) is 16.3 Å². The Morgan fingerprint density at radius 3 is 2.34 bits per heavy atom. The maximum atomic E-state index is 13.4. The maximum absolute atomic E-state index is 13.4. The van der Waals surface area contributed by atoms with Gasteiger partial charge in [-0.2, -0.15) is 4.31 Å². The third-order valence-electron chi connectivity index (χ3n) is 5.00. The summed E-state index contributed by atoms with van der Waals surface area (Å²) in [5.41, 5.74) is 1.57. The van der Waals surface area contributed by atoms with Crippen molar-refractivity contribution < 1.29 is 22.0 Å². The summed E-state index contributed by atoms with van der Waals surface area (Å²) in [6, 6.07) is 9.95. The van der Waals surface area contributed by atoms with Crippen LogP contribution in [-0.4, -0.2) is 45.8 Å². The summed E-state index contributed by atoms with van der Waals surface area (Å²) in [6.45, 7) is 0.267. The van der Waals surface area contributed by atoms with Crippen LogP contribution >= 0.6 is 0 Å². The van der Waals surface area contributed by atoms with E-state index in [2.05, 4.69) is 5.32 Å². The molecule has 156 valence electrons. The number of rotatable bonds is 5. The third kappa shape index (κ3) is 4.56. The Balaban J connectivity index is 1.66. The first-order valence-corrected chi connectivity index (χ1v) is 10.7. The van der Waals surface area contributed by atoms with E-state index < -0.39 is 21.7 Å². The summed E-state index contributed by atoms with van der Waals surface area (Å²) in [4.78, 5) is 14.3. The topological polar surface area (TPSA) is 69.7 Å². The van der Waals surface area contributed by atoms with Crippen molar-refractivity contribution in [3.63, 3.8) is 0 Å². The van der Waals surface area contributed by atoms with Crippen LogP contribution in [0.25, 0.3) is 0 Å². The molecule has 0 radical (unpaired) electrons. The number of nitrogens with zero attached hydrogens (tertiary/aromatic N) is 2. The number of amides is 1. The van der Waals surface area contributed by atoms with Crippen LogP contribution in [0.15, 0.2) is 47.4 Å². The average Bonchev–Trinajstić information content (AvgIpc) is 2.70. The Kier molecular flexibility index (Phi) is 6.18. The van der Waals surface area contributed by atoms with Gasteiger partial charge in [0.25, 0.3) is 0 Å². The van der Waals surface area contributed by atoms with Gasteiger partial charge in [0, 0.05) is 33.1 Å². The quantitative estimate of drug-likeness (QED) is 0.803. The highest BCUT2D eigenvalue weighted by Gasteiger charge is 2.32. The number of hydrogen-bond acceptors (Lipinski definition) is 4. The molecule has 1 heterocycles. The first kappa shape index (κ1) is 21.2. The highest BCUT2D eigenvalue weighted by Crippen LogP contribution is 2.28. The Labute approximate surface area is 169 Å². The fraction of sp³-hybridized carbons (Fsp3) is 0.350. The van der Waals surface area contributed by atoms with Gasteiger partial charge in [-0.05, 0) is 43.2 Å². The molecule has 1 amide bonds. The van der Waals surface area contributed by atoms with Gasteiger partial charge in [0.1, 0.15) is 0 Å². The molecule has 0 unspecified atom stereocenters. The molecular weight excluding hydrogens is 400 g/mol. The number of nitrogens with one attached hydrogen (secondary N) is 1. The van der Waals surface area contributed by atoms with Crippen LogP contribution < -0.4 is 10.2 Å². The lowest BCUT2D eigenvalue weighted by Gasteiger charge is -2.31. The number of para-hydroxylation sites is 2. The predicted molar refractivity (Wildman–Crippen MR) is 107 cm³/mol. The molecule has 0 spiro atoms. The molecule has 2 aromatic carbocycles. The minimum absolute atomic E-state index is 0.134. The van der Waals surface area contributed by atoms with Crippen LogP contribution in [0.3, 0.4) is 0 Å². The summed E-state index contributed by atoms with van der Waals surface area (Å²) in [5.74, 6) is -2.80. The lowest BCUT2D eigenvalue weighted by Crippen LogP contribution is -2.41. The highest BCUT2D eigenvalue weighted by molar-refractivity contribution is 7.89. The molecule has 1 N–H and O–H groups in total. The summed E-state index contributed by atoms with van der Waals surface area (Å²) >= 11 is 0. The molecule has 2 aromatic rings. The van der Waals surface area contributed by atoms with E-state index in [1.807, 2.05) is 43.3 Å². The zero-order valence-corrected chi connectivity index (χ0v) is 17.0. The Morgan fingerprint density at radius 1 is 1.07 bits per heavy atom. The Hall–Kier alpha value is -2.52. The predicted octanol–water partition coefficient (Wildman–Crippen LogP) is 3.07. The van der Waals surface area contributed by atoms with Crippen molar-refractivity contribution in [1.29, 1.82) is 0 Å². The van der Waals surface area contributed by atoms with Crippen molar-refractivity contribution in [2.24, 2.45) is 5.92 Å². The minimum Gasteiger partial charge on any atom is -0.376 e. The van der Waals surface area contributed by atoms with Gasteiger partial charge in [0.15, 0.2) is 11.6 Å². The second-order valence-electron chi connectivity index (χ2n) is 7.16. The number of piperidine rings is 1. The smallest absolute Gasteiger partial charge is 0.243 e. The van der Waals surface area contributed by atoms with Gasteiger partial charge in [-0.15, -0.1) is 0 Å². The number of anilines is 2. The van der Waals surface area contributed by atoms with Crippen molar-refractivity contribution in [1.82, 2.24) is 4.31 Å². The molecule has 6 nitrogen and oxygen atoms in total. The number of carbonyl (C=O) groups excluding carboxylic acids is 1. The first-order valence-electron chi connectivity index (χ1n) is 9.22. The molecule has 0 aliphatic carbocycles. The highest BCUT2D eigenvalue weighted by atomic mass is 32.2. The van der Waals surface area contributed by atoms with E-state index in [0.717, 1.165) is 17.8 Å². The number of sulfonamides is 1. The molecule has 3 rings (SSSR count). The summed E-state index contributed by atoms with van der Waals surface area (Å²) < 4.78 is 53.1. The molecule has 1 aliphatic heterocycles. The van der Waals surface area contributed by atoms with Crippen molar-refractivity contribution >= 4 is 27.3 Å². The number of halogens is 2. The van der Waals surface area contributed by atoms with Crippen molar-refractivity contribution in [3.05, 3.63) is 54.1 Å². The van der Waals surface area contributed by atoms with E-state index in [4.69, 9.17) is 0 Å². The minimum atomic E-state index is -3.94. The van der Waals surface area contributed by atoms with Crippen molar-refractivity contribution in [2.45, 2.75) is 17.7 Å². The summed E-state index contributed by atoms with van der Waals surface area (Å²) in [6.07, 6.45) is 0.692. The molecule has 1 aliphatic rings. The van der Waals surface area contributed by atoms with Crippen LogP contribution in [0, 0.1) is 17.6 Å². The molecule has 1 saturated heterocycles. The standard InChI is InChI=1S/C20H23F2N3O3S/c1-24(2)19-6-4-3-5-18(19)23-20(26)14-9-11-25(12-10-14)29(27,28)15-7-8-16(21)17(22)13-15/h3-8,13-14H,9-12H2,1-2H3,(H,23,26). The largest absolute Gasteiger partial charge is 0.376 e. The molecule has 9 heteroatoms. The lowest BCUT2D eigenvalue weighted by molar-refractivity contribution is -0.120. The van der Waals surface area contributed by atoms with Gasteiger partial charge in [-0.1, -0.05) is 12.1 Å². The van der Waals surface area contributed by atoms with E-state index >= 15 is 0 Å². The van der Waals surface area contributed by atoms with Gasteiger partial charge < -0.3 is 10.2 Å². The zero-order chi connectivity index (χ0) is 21.2. The van der Waals surface area contributed by atoms with E-state index in [1.165, 1.54) is 4.31 Å². The fourth-order valence-corrected chi connectivity index (χ4v) is 4.83. The van der Waals surface area contributed by atoms with Gasteiger partial charge in [-0.3, -0.25) is 4.79 Å². The van der Waals surface area contributed by atoms with Gasteiger partial charge in [-0.25, -0.2) is 17.2 Å². The second kappa shape index (κ2) is 8.46. The van der Waals surface area contributed by atoms with Gasteiger partial charge >= 0.3 is 0 Å². The molecule has 0 atom stereocenters. The summed E-state index contributed by atoms with van der Waals surface area (Å²) in [5, 5.41) is 2.92. The molecule has 0 aromatic heterocycles. The maximum Gasteiger partial charge on any atom is 0.243 e.